The number of nitrogens with zero attached hydrogens (tertiary/aromatic N) is 3. The van der Waals surface area contributed by atoms with Gasteiger partial charge in [-0.3, -0.25) is 4.79 Å². The first-order valence-corrected chi connectivity index (χ1v) is 8.27. The number of anilines is 1. The van der Waals surface area contributed by atoms with Crippen molar-refractivity contribution >= 4 is 17.3 Å². The molecule has 9 heteroatoms. The lowest BCUT2D eigenvalue weighted by molar-refractivity contribution is -0.661. The summed E-state index contributed by atoms with van der Waals surface area (Å²) in [5.74, 6) is -1.63. The molecule has 0 spiro atoms. The fourth-order valence-electron chi connectivity index (χ4n) is 3.04. The summed E-state index contributed by atoms with van der Waals surface area (Å²) in [6, 6.07) is 2.50. The van der Waals surface area contributed by atoms with Crippen LogP contribution in [0.3, 0.4) is 0 Å². The molecule has 1 aliphatic rings. The Kier molecular flexibility index (Phi) is 5.03. The Labute approximate surface area is 147 Å². The van der Waals surface area contributed by atoms with E-state index in [9.17, 15) is 18.7 Å². The molecular weight excluding hydrogens is 354 g/mol. The number of nitrogens with two attached hydrogens (primary N) is 1. The zero-order valence-electron chi connectivity index (χ0n) is 13.5. The van der Waals surface area contributed by atoms with Crippen molar-refractivity contribution in [1.82, 2.24) is 9.78 Å². The van der Waals surface area contributed by atoms with E-state index in [0.29, 0.717) is 24.8 Å². The molecule has 6 nitrogen and oxygen atoms in total. The lowest BCUT2D eigenvalue weighted by atomic mass is 10.1. The van der Waals surface area contributed by atoms with Crippen LogP contribution in [0.15, 0.2) is 29.2 Å². The van der Waals surface area contributed by atoms with E-state index in [4.69, 9.17) is 11.6 Å². The predicted molar refractivity (Wildman–Crippen MR) is 89.2 cm³/mol. The molecule has 0 aliphatic carbocycles. The van der Waals surface area contributed by atoms with Gasteiger partial charge < -0.3 is 15.3 Å². The van der Waals surface area contributed by atoms with Gasteiger partial charge in [0.15, 0.2) is 0 Å². The van der Waals surface area contributed by atoms with Crippen LogP contribution < -0.4 is 15.8 Å². The highest BCUT2D eigenvalue weighted by Crippen LogP contribution is 2.25. The van der Waals surface area contributed by atoms with Crippen LogP contribution in [0.5, 0.6) is 0 Å². The highest BCUT2D eigenvalue weighted by atomic mass is 35.5. The number of piperazine rings is 1. The van der Waals surface area contributed by atoms with Gasteiger partial charge in [0.05, 0.1) is 43.3 Å². The van der Waals surface area contributed by atoms with Crippen molar-refractivity contribution in [3.63, 3.8) is 0 Å². The molecule has 1 aromatic carbocycles. The Bertz CT molecular complexity index is 823. The largest absolute Gasteiger partial charge is 0.391 e. The second-order valence-corrected chi connectivity index (χ2v) is 6.38. The first-order valence-electron chi connectivity index (χ1n) is 7.89. The highest BCUT2D eigenvalue weighted by Gasteiger charge is 2.31. The summed E-state index contributed by atoms with van der Waals surface area (Å²) < 4.78 is 27.7. The number of hydrogen-bond acceptors (Lipinski definition) is 4. The molecule has 2 aromatic rings. The number of aliphatic hydroxyl groups is 1. The standard InChI is InChI=1S/C16H17ClF2N4O2/c1-9(24)13-7-20-2-3-22(13)14-8-21-23(16(25)15(14)17)12-5-10(18)4-11(19)6-12/h4-6,8-9,13,20,24H,2-3,7H2,1H3/p+1. The van der Waals surface area contributed by atoms with E-state index in [1.807, 2.05) is 4.90 Å². The number of halogens is 3. The highest BCUT2D eigenvalue weighted by molar-refractivity contribution is 6.33. The quantitative estimate of drug-likeness (QED) is 0.813. The third kappa shape index (κ3) is 3.51. The van der Waals surface area contributed by atoms with Gasteiger partial charge in [0.1, 0.15) is 22.7 Å². The monoisotopic (exact) mass is 371 g/mol. The number of quaternary nitrogens is 1. The number of benzene rings is 1. The number of rotatable bonds is 3. The van der Waals surface area contributed by atoms with E-state index in [1.54, 1.807) is 6.92 Å². The average molecular weight is 372 g/mol. The molecule has 25 heavy (non-hydrogen) atoms. The number of hydrogen-bond donors (Lipinski definition) is 2. The molecule has 2 heterocycles. The average Bonchev–Trinajstić information content (AvgIpc) is 2.56. The number of aliphatic hydroxyl groups excluding tert-OH is 1. The molecule has 1 fully saturated rings. The number of aromatic nitrogens is 2. The second-order valence-electron chi connectivity index (χ2n) is 6.00. The first kappa shape index (κ1) is 17.8. The third-order valence-electron chi connectivity index (χ3n) is 4.24. The SMILES string of the molecule is CC(O)C1C[NH2+]CCN1c1cnn(-c2cc(F)cc(F)c2)c(=O)c1Cl. The van der Waals surface area contributed by atoms with Gasteiger partial charge in [-0.15, -0.1) is 0 Å². The molecule has 3 rings (SSSR count). The summed E-state index contributed by atoms with van der Waals surface area (Å²) in [5, 5.41) is 16.0. The Morgan fingerprint density at radius 2 is 2.04 bits per heavy atom. The van der Waals surface area contributed by atoms with E-state index in [2.05, 4.69) is 10.4 Å². The molecule has 0 bridgehead atoms. The van der Waals surface area contributed by atoms with Crippen LogP contribution in [0.1, 0.15) is 6.92 Å². The molecule has 1 saturated heterocycles. The van der Waals surface area contributed by atoms with Gasteiger partial charge in [-0.05, 0) is 19.1 Å². The van der Waals surface area contributed by atoms with Gasteiger partial charge >= 0.3 is 0 Å². The van der Waals surface area contributed by atoms with Crippen LogP contribution >= 0.6 is 11.6 Å². The van der Waals surface area contributed by atoms with Crippen LogP contribution in [0.25, 0.3) is 5.69 Å². The van der Waals surface area contributed by atoms with Gasteiger partial charge in [0.2, 0.25) is 0 Å². The molecule has 0 radical (unpaired) electrons. The summed E-state index contributed by atoms with van der Waals surface area (Å²) >= 11 is 6.24. The van der Waals surface area contributed by atoms with Crippen molar-refractivity contribution in [3.05, 3.63) is 51.4 Å². The molecular formula is C16H18ClF2N4O2+. The zero-order chi connectivity index (χ0) is 18.1. The maximum atomic E-state index is 13.4. The Morgan fingerprint density at radius 1 is 1.36 bits per heavy atom. The topological polar surface area (TPSA) is 75.0 Å². The van der Waals surface area contributed by atoms with E-state index in [0.717, 1.165) is 23.4 Å². The molecule has 3 N–H and O–H groups in total. The van der Waals surface area contributed by atoms with E-state index in [-0.39, 0.29) is 16.8 Å². The molecule has 1 aliphatic heterocycles. The summed E-state index contributed by atoms with van der Waals surface area (Å²) in [6.07, 6.45) is 0.764. The third-order valence-corrected chi connectivity index (χ3v) is 4.60. The molecule has 1 aromatic heterocycles. The van der Waals surface area contributed by atoms with Crippen molar-refractivity contribution < 1.29 is 19.2 Å². The van der Waals surface area contributed by atoms with Gasteiger partial charge in [-0.2, -0.15) is 9.78 Å². The van der Waals surface area contributed by atoms with Gasteiger partial charge in [0, 0.05) is 6.07 Å². The van der Waals surface area contributed by atoms with Gasteiger partial charge in [-0.25, -0.2) is 8.78 Å². The lowest BCUT2D eigenvalue weighted by Gasteiger charge is -2.37. The van der Waals surface area contributed by atoms with E-state index < -0.39 is 23.3 Å². The van der Waals surface area contributed by atoms with Gasteiger partial charge in [-0.1, -0.05) is 11.6 Å². The molecule has 2 unspecified atom stereocenters. The van der Waals surface area contributed by atoms with Crippen molar-refractivity contribution in [2.45, 2.75) is 19.1 Å². The lowest BCUT2D eigenvalue weighted by Crippen LogP contribution is -2.92. The van der Waals surface area contributed by atoms with Crippen molar-refractivity contribution in [2.75, 3.05) is 24.5 Å². The van der Waals surface area contributed by atoms with E-state index in [1.165, 1.54) is 6.20 Å². The normalized spacial score (nSPS) is 19.1. The minimum atomic E-state index is -0.815. The summed E-state index contributed by atoms with van der Waals surface area (Å²) in [4.78, 5) is 14.4. The van der Waals surface area contributed by atoms with Crippen molar-refractivity contribution in [2.24, 2.45) is 0 Å². The maximum absolute atomic E-state index is 13.4. The minimum Gasteiger partial charge on any atom is -0.391 e. The predicted octanol–water partition coefficient (Wildman–Crippen LogP) is 0.297. The van der Waals surface area contributed by atoms with Gasteiger partial charge in [0.25, 0.3) is 5.56 Å². The summed E-state index contributed by atoms with van der Waals surface area (Å²) in [5.41, 5.74) is -0.322. The van der Waals surface area contributed by atoms with Crippen LogP contribution in [0.4, 0.5) is 14.5 Å². The fraction of sp³-hybridized carbons (Fsp3) is 0.375. The van der Waals surface area contributed by atoms with Crippen molar-refractivity contribution in [3.8, 4) is 5.69 Å². The van der Waals surface area contributed by atoms with Crippen LogP contribution in [-0.4, -0.2) is 46.7 Å². The second kappa shape index (κ2) is 7.07. The minimum absolute atomic E-state index is 0.0463. The van der Waals surface area contributed by atoms with Crippen LogP contribution in [-0.2, 0) is 0 Å². The molecule has 2 atom stereocenters. The summed E-state index contributed by atoms with van der Waals surface area (Å²) in [7, 11) is 0. The van der Waals surface area contributed by atoms with Crippen LogP contribution in [0.2, 0.25) is 5.02 Å². The fourth-order valence-corrected chi connectivity index (χ4v) is 3.28. The first-order chi connectivity index (χ1) is 11.9. The molecule has 0 saturated carbocycles. The zero-order valence-corrected chi connectivity index (χ0v) is 14.2. The maximum Gasteiger partial charge on any atom is 0.292 e. The van der Waals surface area contributed by atoms with Crippen molar-refractivity contribution in [1.29, 1.82) is 0 Å². The van der Waals surface area contributed by atoms with E-state index >= 15 is 0 Å². The summed E-state index contributed by atoms with van der Waals surface area (Å²) in [6.45, 7) is 3.72. The molecule has 134 valence electrons. The Hall–Kier alpha value is -2.03. The molecule has 0 amide bonds. The smallest absolute Gasteiger partial charge is 0.292 e. The van der Waals surface area contributed by atoms with Crippen LogP contribution in [0, 0.1) is 11.6 Å². The Balaban J connectivity index is 2.05. The Morgan fingerprint density at radius 3 is 2.68 bits per heavy atom.